The Balaban J connectivity index is 1.37. The lowest BCUT2D eigenvalue weighted by atomic mass is 9.95. The van der Waals surface area contributed by atoms with Crippen LogP contribution in [0.5, 0.6) is 17.8 Å². The van der Waals surface area contributed by atoms with Crippen LogP contribution >= 0.6 is 0 Å². The molecule has 2 fully saturated rings. The zero-order valence-electron chi connectivity index (χ0n) is 13.3. The van der Waals surface area contributed by atoms with Crippen LogP contribution in [0.3, 0.4) is 0 Å². The number of nitrogens with zero attached hydrogens (tertiary/aromatic N) is 1. The molecule has 2 N–H and O–H groups in total. The van der Waals surface area contributed by atoms with Crippen LogP contribution in [0.1, 0.15) is 29.6 Å². The number of amides is 1. The fourth-order valence-electron chi connectivity index (χ4n) is 3.41. The summed E-state index contributed by atoms with van der Waals surface area (Å²) in [5.41, 5.74) is 0.611. The molecule has 24 heavy (non-hydrogen) atoms. The van der Waals surface area contributed by atoms with E-state index < -0.39 is 0 Å². The van der Waals surface area contributed by atoms with Gasteiger partial charge in [0.25, 0.3) is 5.91 Å². The van der Waals surface area contributed by atoms with Crippen LogP contribution in [0.2, 0.25) is 0 Å². The Labute approximate surface area is 139 Å². The van der Waals surface area contributed by atoms with Crippen LogP contribution in [-0.2, 0) is 0 Å². The van der Waals surface area contributed by atoms with Crippen molar-refractivity contribution in [1.29, 1.82) is 0 Å². The molecule has 7 nitrogen and oxygen atoms in total. The second kappa shape index (κ2) is 6.16. The predicted octanol–water partition coefficient (Wildman–Crippen LogP) is 2.10. The second-order valence-electron chi connectivity index (χ2n) is 6.14. The maximum absolute atomic E-state index is 12.4. The summed E-state index contributed by atoms with van der Waals surface area (Å²) >= 11 is 0. The molecule has 0 saturated carbocycles. The van der Waals surface area contributed by atoms with E-state index in [0.29, 0.717) is 23.4 Å². The van der Waals surface area contributed by atoms with Gasteiger partial charge in [0.1, 0.15) is 11.9 Å². The number of carbonyl (C=O) groups excluding carboxylic acids is 1. The lowest BCUT2D eigenvalue weighted by Gasteiger charge is -2.21. The molecule has 126 valence electrons. The van der Waals surface area contributed by atoms with E-state index in [2.05, 4.69) is 15.6 Å². The van der Waals surface area contributed by atoms with E-state index >= 15 is 0 Å². The van der Waals surface area contributed by atoms with Crippen molar-refractivity contribution in [2.75, 3.05) is 7.11 Å². The Morgan fingerprint density at radius 2 is 2.17 bits per heavy atom. The third-order valence-electron chi connectivity index (χ3n) is 4.59. The number of benzene rings is 1. The van der Waals surface area contributed by atoms with Gasteiger partial charge in [0.2, 0.25) is 0 Å². The Bertz CT molecular complexity index is 728. The highest BCUT2D eigenvalue weighted by Gasteiger charge is 2.39. The Kier molecular flexibility index (Phi) is 3.86. The zero-order valence-corrected chi connectivity index (χ0v) is 13.3. The molecule has 4 rings (SSSR count). The summed E-state index contributed by atoms with van der Waals surface area (Å²) in [6.45, 7) is 0. The first-order valence-corrected chi connectivity index (χ1v) is 8.06. The van der Waals surface area contributed by atoms with Crippen molar-refractivity contribution in [1.82, 2.24) is 15.6 Å². The fraction of sp³-hybridized carbons (Fsp3) is 0.412. The Hall–Kier alpha value is -2.54. The largest absolute Gasteiger partial charge is 0.453 e. The number of methoxy groups -OCH3 is 1. The van der Waals surface area contributed by atoms with Gasteiger partial charge < -0.3 is 24.5 Å². The van der Waals surface area contributed by atoms with Crippen LogP contribution in [0.4, 0.5) is 0 Å². The fourth-order valence-corrected chi connectivity index (χ4v) is 3.41. The summed E-state index contributed by atoms with van der Waals surface area (Å²) in [6.07, 6.45) is 4.95. The molecule has 7 heteroatoms. The summed E-state index contributed by atoms with van der Waals surface area (Å²) in [6, 6.07) is 8.13. The van der Waals surface area contributed by atoms with Gasteiger partial charge in [0.15, 0.2) is 0 Å². The van der Waals surface area contributed by atoms with Crippen molar-refractivity contribution >= 4 is 5.91 Å². The predicted molar refractivity (Wildman–Crippen MR) is 85.4 cm³/mol. The van der Waals surface area contributed by atoms with Gasteiger partial charge >= 0.3 is 12.0 Å². The van der Waals surface area contributed by atoms with Gasteiger partial charge in [0, 0.05) is 23.7 Å². The average molecular weight is 329 g/mol. The average Bonchev–Trinajstić information content (AvgIpc) is 3.32. The van der Waals surface area contributed by atoms with Crippen LogP contribution in [0, 0.1) is 0 Å². The summed E-state index contributed by atoms with van der Waals surface area (Å²) in [7, 11) is 1.47. The van der Waals surface area contributed by atoms with Gasteiger partial charge in [-0.05, 0) is 43.5 Å². The molecule has 3 unspecified atom stereocenters. The van der Waals surface area contributed by atoms with Gasteiger partial charge in [-0.2, -0.15) is 4.98 Å². The number of nitrogens with one attached hydrogen (secondary N) is 2. The highest BCUT2D eigenvalue weighted by molar-refractivity contribution is 5.94. The number of aromatic nitrogens is 1. The number of hydrogen-bond donors (Lipinski definition) is 2. The third kappa shape index (κ3) is 2.94. The first-order chi connectivity index (χ1) is 11.7. The van der Waals surface area contributed by atoms with Gasteiger partial charge in [-0.3, -0.25) is 4.79 Å². The van der Waals surface area contributed by atoms with E-state index in [9.17, 15) is 4.79 Å². The van der Waals surface area contributed by atoms with Crippen molar-refractivity contribution < 1.29 is 18.7 Å². The topological polar surface area (TPSA) is 85.6 Å². The van der Waals surface area contributed by atoms with E-state index in [0.717, 1.165) is 12.8 Å². The molecule has 1 aromatic carbocycles. The smallest absolute Gasteiger partial charge is 0.396 e. The lowest BCUT2D eigenvalue weighted by Crippen LogP contribution is -2.42. The third-order valence-corrected chi connectivity index (χ3v) is 4.59. The van der Waals surface area contributed by atoms with Gasteiger partial charge in [0.05, 0.1) is 7.11 Å². The van der Waals surface area contributed by atoms with Crippen LogP contribution in [0.25, 0.3) is 0 Å². The van der Waals surface area contributed by atoms with Gasteiger partial charge in [-0.15, -0.1) is 0 Å². The normalized spacial score (nSPS) is 24.8. The Morgan fingerprint density at radius 3 is 2.79 bits per heavy atom. The molecule has 1 amide bonds. The second-order valence-corrected chi connectivity index (χ2v) is 6.14. The summed E-state index contributed by atoms with van der Waals surface area (Å²) in [4.78, 5) is 16.2. The van der Waals surface area contributed by atoms with E-state index in [1.165, 1.54) is 19.7 Å². The summed E-state index contributed by atoms with van der Waals surface area (Å²) in [5.74, 6) is 0.742. The van der Waals surface area contributed by atoms with Crippen molar-refractivity contribution in [3.8, 4) is 17.8 Å². The molecule has 2 bridgehead atoms. The minimum atomic E-state index is -0.0535. The molecule has 2 aromatic rings. The highest BCUT2D eigenvalue weighted by atomic mass is 16.7. The summed E-state index contributed by atoms with van der Waals surface area (Å²) < 4.78 is 15.6. The van der Waals surface area contributed by atoms with E-state index in [-0.39, 0.29) is 24.0 Å². The van der Waals surface area contributed by atoms with E-state index in [4.69, 9.17) is 13.9 Å². The zero-order chi connectivity index (χ0) is 16.5. The van der Waals surface area contributed by atoms with E-state index in [1.54, 1.807) is 24.3 Å². The number of rotatable bonds is 5. The minimum Gasteiger partial charge on any atom is -0.453 e. The SMILES string of the molecule is COc1ncc(Oc2ccc(C(=O)NC3CC4CCC3N4)cc2)o1. The molecular weight excluding hydrogens is 310 g/mol. The highest BCUT2D eigenvalue weighted by Crippen LogP contribution is 2.29. The molecule has 0 spiro atoms. The minimum absolute atomic E-state index is 0.0535. The van der Waals surface area contributed by atoms with Gasteiger partial charge in [-0.25, -0.2) is 0 Å². The molecular formula is C17H19N3O4. The maximum atomic E-state index is 12.4. The van der Waals surface area contributed by atoms with Crippen molar-refractivity contribution in [3.63, 3.8) is 0 Å². The molecule has 2 aliphatic heterocycles. The molecule has 0 radical (unpaired) electrons. The quantitative estimate of drug-likeness (QED) is 0.874. The number of oxazole rings is 1. The number of hydrogen-bond acceptors (Lipinski definition) is 6. The first-order valence-electron chi connectivity index (χ1n) is 8.06. The number of ether oxygens (including phenoxy) is 2. The van der Waals surface area contributed by atoms with Gasteiger partial charge in [-0.1, -0.05) is 0 Å². The first kappa shape index (κ1) is 15.0. The van der Waals surface area contributed by atoms with E-state index in [1.807, 2.05) is 0 Å². The lowest BCUT2D eigenvalue weighted by molar-refractivity contribution is 0.0931. The van der Waals surface area contributed by atoms with Crippen LogP contribution < -0.4 is 20.1 Å². The molecule has 0 aliphatic carbocycles. The van der Waals surface area contributed by atoms with Crippen molar-refractivity contribution in [3.05, 3.63) is 36.0 Å². The molecule has 3 heterocycles. The Morgan fingerprint density at radius 1 is 1.33 bits per heavy atom. The molecule has 3 atom stereocenters. The maximum Gasteiger partial charge on any atom is 0.396 e. The summed E-state index contributed by atoms with van der Waals surface area (Å²) in [5, 5.41) is 6.64. The molecule has 2 aliphatic rings. The van der Waals surface area contributed by atoms with Crippen LogP contribution in [-0.4, -0.2) is 36.1 Å². The standard InChI is InChI=1S/C17H19N3O4/c1-22-17-18-9-15(24-17)23-12-5-2-10(3-6-12)16(21)20-14-8-11-4-7-13(14)19-11/h2-3,5-6,9,11,13-14,19H,4,7-8H2,1H3,(H,20,21). The van der Waals surface area contributed by atoms with Crippen molar-refractivity contribution in [2.45, 2.75) is 37.4 Å². The molecule has 2 saturated heterocycles. The molecule has 1 aromatic heterocycles. The van der Waals surface area contributed by atoms with Crippen LogP contribution in [0.15, 0.2) is 34.9 Å². The number of fused-ring (bicyclic) bond motifs is 2. The monoisotopic (exact) mass is 329 g/mol. The van der Waals surface area contributed by atoms with Crippen molar-refractivity contribution in [2.24, 2.45) is 0 Å². The number of carbonyl (C=O) groups is 1.